The number of para-hydroxylation sites is 2. The Hall–Kier alpha value is -2.61. The highest BCUT2D eigenvalue weighted by Crippen LogP contribution is 2.48. The number of sulfonamides is 1. The van der Waals surface area contributed by atoms with E-state index in [1.54, 1.807) is 18.2 Å². The van der Waals surface area contributed by atoms with Gasteiger partial charge in [-0.2, -0.15) is 0 Å². The minimum atomic E-state index is -4.01. The molecule has 8 heteroatoms. The summed E-state index contributed by atoms with van der Waals surface area (Å²) in [4.78, 5) is 14.1. The fourth-order valence-corrected chi connectivity index (χ4v) is 6.83. The van der Waals surface area contributed by atoms with Gasteiger partial charge in [0, 0.05) is 27.6 Å². The minimum absolute atomic E-state index is 0.0173. The van der Waals surface area contributed by atoms with E-state index in [1.165, 1.54) is 27.8 Å². The fraction of sp³-hybridized carbons (Fsp3) is 0.174. The molecule has 31 heavy (non-hydrogen) atoms. The van der Waals surface area contributed by atoms with Crippen LogP contribution in [0.15, 0.2) is 82.2 Å². The lowest BCUT2D eigenvalue weighted by atomic mass is 9.89. The number of rotatable bonds is 3. The number of allylic oxidation sites excluding steroid dienone is 1. The molecule has 1 aromatic heterocycles. The van der Waals surface area contributed by atoms with Crippen molar-refractivity contribution >= 4 is 50.1 Å². The zero-order valence-corrected chi connectivity index (χ0v) is 18.8. The van der Waals surface area contributed by atoms with Crippen molar-refractivity contribution in [3.63, 3.8) is 0 Å². The summed E-state index contributed by atoms with van der Waals surface area (Å²) >= 11 is 7.45. The average Bonchev–Trinajstić information content (AvgIpc) is 3.23. The predicted molar refractivity (Wildman–Crippen MR) is 124 cm³/mol. The van der Waals surface area contributed by atoms with Crippen molar-refractivity contribution in [2.45, 2.75) is 30.2 Å². The maximum absolute atomic E-state index is 14.0. The lowest BCUT2D eigenvalue weighted by molar-refractivity contribution is -0.116. The molecule has 1 aliphatic carbocycles. The number of fused-ring (bicyclic) bond motifs is 1. The quantitative estimate of drug-likeness (QED) is 0.527. The number of carbonyl (C=O) groups is 1. The van der Waals surface area contributed by atoms with Gasteiger partial charge >= 0.3 is 0 Å². The van der Waals surface area contributed by atoms with Crippen molar-refractivity contribution in [2.24, 2.45) is 0 Å². The topological polar surface area (TPSA) is 66.5 Å². The molecule has 0 saturated carbocycles. The first-order valence-corrected chi connectivity index (χ1v) is 12.6. The van der Waals surface area contributed by atoms with Gasteiger partial charge in [0.15, 0.2) is 5.78 Å². The van der Waals surface area contributed by atoms with E-state index >= 15 is 0 Å². The van der Waals surface area contributed by atoms with Gasteiger partial charge in [0.2, 0.25) is 0 Å². The monoisotopic (exact) mass is 470 g/mol. The Balaban J connectivity index is 1.82. The first kappa shape index (κ1) is 20.3. The molecular weight excluding hydrogens is 452 g/mol. The van der Waals surface area contributed by atoms with Crippen LogP contribution in [-0.2, 0) is 14.8 Å². The van der Waals surface area contributed by atoms with Crippen molar-refractivity contribution in [3.8, 4) is 0 Å². The van der Waals surface area contributed by atoms with Crippen molar-refractivity contribution < 1.29 is 13.2 Å². The standard InChI is InChI=1S/C23H19ClN2O3S2/c24-15-10-12-16(13-11-15)31(28,29)26-19-7-2-1-5-17(19)25-18-6-3-8-20(27)22(18)23(26)21-9-4-14-30-21/h1-2,4-5,7,9-14,23,25H,3,6,8H2/t23-/m0/s1. The molecule has 5 rings (SSSR count). The molecule has 3 aromatic rings. The lowest BCUT2D eigenvalue weighted by Gasteiger charge is -2.33. The largest absolute Gasteiger partial charge is 0.357 e. The van der Waals surface area contributed by atoms with E-state index in [1.807, 2.05) is 35.7 Å². The lowest BCUT2D eigenvalue weighted by Crippen LogP contribution is -2.37. The number of halogens is 1. The van der Waals surface area contributed by atoms with E-state index in [0.717, 1.165) is 17.0 Å². The minimum Gasteiger partial charge on any atom is -0.357 e. The summed E-state index contributed by atoms with van der Waals surface area (Å²) in [5, 5.41) is 5.74. The Morgan fingerprint density at radius 1 is 1.00 bits per heavy atom. The summed E-state index contributed by atoms with van der Waals surface area (Å²) in [6.07, 6.45) is 1.85. The number of hydrogen-bond acceptors (Lipinski definition) is 5. The molecule has 1 aliphatic heterocycles. The van der Waals surface area contributed by atoms with Crippen LogP contribution in [-0.4, -0.2) is 14.2 Å². The number of nitrogens with one attached hydrogen (secondary N) is 1. The first-order valence-electron chi connectivity index (χ1n) is 9.92. The second-order valence-electron chi connectivity index (χ2n) is 7.48. The molecule has 0 fully saturated rings. The van der Waals surface area contributed by atoms with Gasteiger partial charge in [-0.3, -0.25) is 9.10 Å². The van der Waals surface area contributed by atoms with Gasteiger partial charge in [-0.15, -0.1) is 11.3 Å². The second kappa shape index (κ2) is 7.82. The number of benzene rings is 2. The molecule has 0 amide bonds. The van der Waals surface area contributed by atoms with E-state index in [9.17, 15) is 13.2 Å². The predicted octanol–water partition coefficient (Wildman–Crippen LogP) is 5.77. The highest BCUT2D eigenvalue weighted by Gasteiger charge is 2.42. The molecule has 2 heterocycles. The van der Waals surface area contributed by atoms with Gasteiger partial charge in [0.25, 0.3) is 10.0 Å². The summed E-state index contributed by atoms with van der Waals surface area (Å²) in [6.45, 7) is 0. The molecule has 1 N–H and O–H groups in total. The summed E-state index contributed by atoms with van der Waals surface area (Å²) in [5.41, 5.74) is 2.51. The van der Waals surface area contributed by atoms with Gasteiger partial charge < -0.3 is 5.32 Å². The number of ketones is 1. The number of carbonyl (C=O) groups excluding carboxylic acids is 1. The van der Waals surface area contributed by atoms with E-state index in [-0.39, 0.29) is 10.7 Å². The van der Waals surface area contributed by atoms with Crippen LogP contribution in [0.5, 0.6) is 0 Å². The smallest absolute Gasteiger partial charge is 0.265 e. The highest BCUT2D eigenvalue weighted by atomic mass is 35.5. The van der Waals surface area contributed by atoms with Crippen LogP contribution in [0.4, 0.5) is 11.4 Å². The third-order valence-corrected chi connectivity index (χ3v) is 8.54. The number of hydrogen-bond donors (Lipinski definition) is 1. The molecule has 1 atom stereocenters. The second-order valence-corrected chi connectivity index (χ2v) is 10.7. The maximum Gasteiger partial charge on any atom is 0.265 e. The molecule has 5 nitrogen and oxygen atoms in total. The van der Waals surface area contributed by atoms with Crippen LogP contribution in [0.3, 0.4) is 0 Å². The van der Waals surface area contributed by atoms with Crippen molar-refractivity contribution in [2.75, 3.05) is 9.62 Å². The normalized spacial score (nSPS) is 18.8. The van der Waals surface area contributed by atoms with Gasteiger partial charge in [-0.1, -0.05) is 29.8 Å². The number of nitrogens with zero attached hydrogens (tertiary/aromatic N) is 1. The van der Waals surface area contributed by atoms with Crippen molar-refractivity contribution in [3.05, 3.63) is 87.2 Å². The van der Waals surface area contributed by atoms with Crippen LogP contribution >= 0.6 is 22.9 Å². The van der Waals surface area contributed by atoms with Gasteiger partial charge in [0.1, 0.15) is 6.04 Å². The van der Waals surface area contributed by atoms with E-state index in [0.29, 0.717) is 34.8 Å². The number of anilines is 2. The van der Waals surface area contributed by atoms with Gasteiger partial charge in [0.05, 0.1) is 16.3 Å². The Morgan fingerprint density at radius 3 is 2.52 bits per heavy atom. The molecule has 158 valence electrons. The molecule has 0 radical (unpaired) electrons. The molecular formula is C23H19ClN2O3S2. The summed E-state index contributed by atoms with van der Waals surface area (Å²) in [7, 11) is -4.01. The van der Waals surface area contributed by atoms with E-state index in [2.05, 4.69) is 5.32 Å². The molecule has 0 bridgehead atoms. The Labute approximate surface area is 190 Å². The summed E-state index contributed by atoms with van der Waals surface area (Å²) < 4.78 is 29.5. The Kier molecular flexibility index (Phi) is 5.12. The zero-order valence-electron chi connectivity index (χ0n) is 16.4. The van der Waals surface area contributed by atoms with Gasteiger partial charge in [-0.05, 0) is 60.7 Å². The Morgan fingerprint density at radius 2 is 1.77 bits per heavy atom. The molecule has 2 aliphatic rings. The van der Waals surface area contributed by atoms with Gasteiger partial charge in [-0.25, -0.2) is 8.42 Å². The molecule has 2 aromatic carbocycles. The third-order valence-electron chi connectivity index (χ3n) is 5.57. The first-order chi connectivity index (χ1) is 15.0. The number of thiophene rings is 1. The van der Waals surface area contributed by atoms with Crippen LogP contribution in [0.1, 0.15) is 30.2 Å². The summed E-state index contributed by atoms with van der Waals surface area (Å²) in [5.74, 6) is -0.0173. The van der Waals surface area contributed by atoms with Crippen molar-refractivity contribution in [1.29, 1.82) is 0 Å². The zero-order chi connectivity index (χ0) is 21.6. The van der Waals surface area contributed by atoms with Crippen LogP contribution < -0.4 is 9.62 Å². The van der Waals surface area contributed by atoms with E-state index in [4.69, 9.17) is 11.6 Å². The fourth-order valence-electron chi connectivity index (χ4n) is 4.19. The molecule has 0 unspecified atom stereocenters. The SMILES string of the molecule is O=C1CCCC2=C1[C@H](c1cccs1)N(S(=O)(=O)c1ccc(Cl)cc1)c1ccccc1N2. The summed E-state index contributed by atoms with van der Waals surface area (Å²) in [6, 6.07) is 16.5. The molecule has 0 saturated heterocycles. The maximum atomic E-state index is 14.0. The Bertz CT molecular complexity index is 1280. The van der Waals surface area contributed by atoms with Crippen LogP contribution in [0.2, 0.25) is 5.02 Å². The van der Waals surface area contributed by atoms with Crippen molar-refractivity contribution in [1.82, 2.24) is 0 Å². The highest BCUT2D eigenvalue weighted by molar-refractivity contribution is 7.92. The van der Waals surface area contributed by atoms with Crippen LogP contribution in [0, 0.1) is 0 Å². The average molecular weight is 471 g/mol. The van der Waals surface area contributed by atoms with Crippen LogP contribution in [0.25, 0.3) is 0 Å². The molecule has 0 spiro atoms. The third kappa shape index (κ3) is 3.46. The number of Topliss-reactive ketones (excluding diaryl/α,β-unsaturated/α-hetero) is 1. The van der Waals surface area contributed by atoms with E-state index < -0.39 is 16.1 Å².